The average molecular weight is 438 g/mol. The normalized spacial score (nSPS) is 24.5. The Morgan fingerprint density at radius 3 is 2.52 bits per heavy atom. The van der Waals surface area contributed by atoms with Gasteiger partial charge in [-0.15, -0.1) is 0 Å². The molecule has 1 N–H and O–H groups in total. The number of cyclic esters (lactones) is 1. The number of benzene rings is 1. The minimum atomic E-state index is -1.20. The van der Waals surface area contributed by atoms with Crippen LogP contribution in [0.1, 0.15) is 45.1 Å². The number of methoxy groups -OCH3 is 2. The lowest BCUT2D eigenvalue weighted by Crippen LogP contribution is -2.47. The Kier molecular flexibility index (Phi) is 10.1. The van der Waals surface area contributed by atoms with Crippen LogP contribution in [-0.4, -0.2) is 67.9 Å². The number of amides is 1. The fourth-order valence-electron chi connectivity index (χ4n) is 4.08. The molecule has 0 radical (unpaired) electrons. The molecule has 2 rings (SSSR count). The predicted molar refractivity (Wildman–Crippen MR) is 115 cm³/mol. The third kappa shape index (κ3) is 7.11. The molecule has 1 aliphatic heterocycles. The molecular formula is C23H35NO7. The van der Waals surface area contributed by atoms with E-state index in [4.69, 9.17) is 18.9 Å². The molecule has 8 nitrogen and oxygen atoms in total. The van der Waals surface area contributed by atoms with Crippen molar-refractivity contribution in [2.24, 2.45) is 5.92 Å². The standard InChI is InChI=1S/C23H35NO7/c1-5-13-30-21-16(2)31-22(25)20(24(15-28-3)23(26)27)8-6-7-18(21)14-17-9-11-19(29-4)12-10-17/h9-12,16,18,20-21H,5-8,13-15H2,1-4H3,(H,26,27)/t16-,18+,20-,21-/m0/s1. The van der Waals surface area contributed by atoms with Crippen LogP contribution in [0.5, 0.6) is 5.75 Å². The van der Waals surface area contributed by atoms with Gasteiger partial charge in [-0.05, 0) is 56.2 Å². The van der Waals surface area contributed by atoms with Crippen LogP contribution in [0, 0.1) is 5.92 Å². The minimum absolute atomic E-state index is 0.127. The summed E-state index contributed by atoms with van der Waals surface area (Å²) in [5.41, 5.74) is 1.15. The molecule has 1 aromatic carbocycles. The largest absolute Gasteiger partial charge is 0.497 e. The number of carbonyl (C=O) groups excluding carboxylic acids is 1. The number of carboxylic acid groups (broad SMARTS) is 1. The van der Waals surface area contributed by atoms with E-state index >= 15 is 0 Å². The van der Waals surface area contributed by atoms with Gasteiger partial charge in [-0.2, -0.15) is 0 Å². The summed E-state index contributed by atoms with van der Waals surface area (Å²) in [4.78, 5) is 25.5. The minimum Gasteiger partial charge on any atom is -0.497 e. The molecule has 0 saturated carbocycles. The highest BCUT2D eigenvalue weighted by atomic mass is 16.6. The van der Waals surface area contributed by atoms with Crippen molar-refractivity contribution in [1.82, 2.24) is 4.90 Å². The van der Waals surface area contributed by atoms with E-state index in [0.29, 0.717) is 19.4 Å². The van der Waals surface area contributed by atoms with Gasteiger partial charge in [0.05, 0.1) is 13.2 Å². The summed E-state index contributed by atoms with van der Waals surface area (Å²) in [5, 5.41) is 9.53. The molecule has 0 spiro atoms. The van der Waals surface area contributed by atoms with E-state index < -0.39 is 24.2 Å². The van der Waals surface area contributed by atoms with Crippen LogP contribution < -0.4 is 4.74 Å². The number of rotatable bonds is 9. The summed E-state index contributed by atoms with van der Waals surface area (Å²) >= 11 is 0. The molecule has 1 fully saturated rings. The van der Waals surface area contributed by atoms with Gasteiger partial charge in [-0.1, -0.05) is 25.5 Å². The van der Waals surface area contributed by atoms with Crippen LogP contribution in [0.3, 0.4) is 0 Å². The Labute approximate surface area is 184 Å². The third-order valence-corrected chi connectivity index (χ3v) is 5.62. The highest BCUT2D eigenvalue weighted by Crippen LogP contribution is 2.29. The van der Waals surface area contributed by atoms with Gasteiger partial charge >= 0.3 is 12.1 Å². The van der Waals surface area contributed by atoms with Gasteiger partial charge in [0.15, 0.2) is 0 Å². The number of esters is 1. The Morgan fingerprint density at radius 2 is 1.94 bits per heavy atom. The molecule has 0 bridgehead atoms. The quantitative estimate of drug-likeness (QED) is 0.465. The number of nitrogens with zero attached hydrogens (tertiary/aromatic N) is 1. The molecule has 1 amide bonds. The zero-order valence-electron chi connectivity index (χ0n) is 18.9. The summed E-state index contributed by atoms with van der Waals surface area (Å²) in [6.45, 7) is 4.24. The van der Waals surface area contributed by atoms with Crippen LogP contribution in [0.25, 0.3) is 0 Å². The van der Waals surface area contributed by atoms with E-state index in [1.807, 2.05) is 38.1 Å². The first-order chi connectivity index (χ1) is 14.9. The molecule has 0 aliphatic carbocycles. The van der Waals surface area contributed by atoms with Crippen LogP contribution in [0.4, 0.5) is 4.79 Å². The first-order valence-corrected chi connectivity index (χ1v) is 10.8. The third-order valence-electron chi connectivity index (χ3n) is 5.62. The van der Waals surface area contributed by atoms with Gasteiger partial charge in [0.2, 0.25) is 0 Å². The van der Waals surface area contributed by atoms with Gasteiger partial charge in [0, 0.05) is 13.7 Å². The van der Waals surface area contributed by atoms with Crippen molar-refractivity contribution in [1.29, 1.82) is 0 Å². The SMILES string of the molecule is CCCO[C@@H]1[C@@H](Cc2ccc(OC)cc2)CCC[C@H](N(COC)C(=O)O)C(=O)O[C@H]1C. The number of hydrogen-bond donors (Lipinski definition) is 1. The lowest BCUT2D eigenvalue weighted by Gasteiger charge is -2.31. The van der Waals surface area contributed by atoms with Gasteiger partial charge < -0.3 is 24.1 Å². The molecule has 1 aromatic rings. The molecule has 1 aliphatic rings. The van der Waals surface area contributed by atoms with Crippen molar-refractivity contribution in [2.45, 2.75) is 64.2 Å². The van der Waals surface area contributed by atoms with Crippen LogP contribution in [0.2, 0.25) is 0 Å². The monoisotopic (exact) mass is 437 g/mol. The van der Waals surface area contributed by atoms with E-state index in [-0.39, 0.29) is 18.8 Å². The summed E-state index contributed by atoms with van der Waals surface area (Å²) in [6.07, 6.45) is 1.49. The van der Waals surface area contributed by atoms with Gasteiger partial charge in [-0.3, -0.25) is 4.90 Å². The number of carbonyl (C=O) groups is 2. The highest BCUT2D eigenvalue weighted by Gasteiger charge is 2.37. The molecule has 1 heterocycles. The Bertz CT molecular complexity index is 694. The predicted octanol–water partition coefficient (Wildman–Crippen LogP) is 3.72. The second-order valence-corrected chi connectivity index (χ2v) is 7.91. The smallest absolute Gasteiger partial charge is 0.409 e. The molecule has 1 saturated heterocycles. The van der Waals surface area contributed by atoms with Crippen molar-refractivity contribution in [3.63, 3.8) is 0 Å². The van der Waals surface area contributed by atoms with Crippen LogP contribution >= 0.6 is 0 Å². The van der Waals surface area contributed by atoms with Crippen LogP contribution in [-0.2, 0) is 25.4 Å². The Morgan fingerprint density at radius 1 is 1.23 bits per heavy atom. The molecule has 0 aromatic heterocycles. The summed E-state index contributed by atoms with van der Waals surface area (Å²) in [6, 6.07) is 7.04. The fraction of sp³-hybridized carbons (Fsp3) is 0.652. The van der Waals surface area contributed by atoms with E-state index in [2.05, 4.69) is 0 Å². The van der Waals surface area contributed by atoms with E-state index in [1.54, 1.807) is 7.11 Å². The van der Waals surface area contributed by atoms with Crippen molar-refractivity contribution in [3.05, 3.63) is 29.8 Å². The number of ether oxygens (including phenoxy) is 4. The Balaban J connectivity index is 2.24. The maximum absolute atomic E-state index is 12.9. The van der Waals surface area contributed by atoms with E-state index in [0.717, 1.165) is 35.5 Å². The summed E-state index contributed by atoms with van der Waals surface area (Å²) in [5.74, 6) is 0.374. The first-order valence-electron chi connectivity index (χ1n) is 10.8. The molecule has 31 heavy (non-hydrogen) atoms. The summed E-state index contributed by atoms with van der Waals surface area (Å²) in [7, 11) is 3.04. The van der Waals surface area contributed by atoms with Gasteiger partial charge in [0.25, 0.3) is 0 Å². The van der Waals surface area contributed by atoms with Crippen molar-refractivity contribution in [3.8, 4) is 5.75 Å². The van der Waals surface area contributed by atoms with Crippen molar-refractivity contribution < 1.29 is 33.6 Å². The van der Waals surface area contributed by atoms with E-state index in [1.165, 1.54) is 7.11 Å². The zero-order chi connectivity index (χ0) is 22.8. The van der Waals surface area contributed by atoms with Gasteiger partial charge in [0.1, 0.15) is 24.6 Å². The highest BCUT2D eigenvalue weighted by molar-refractivity contribution is 5.81. The molecule has 0 unspecified atom stereocenters. The summed E-state index contributed by atoms with van der Waals surface area (Å²) < 4.78 is 22.1. The molecule has 174 valence electrons. The topological polar surface area (TPSA) is 94.5 Å². The second-order valence-electron chi connectivity index (χ2n) is 7.91. The van der Waals surface area contributed by atoms with Crippen LogP contribution in [0.15, 0.2) is 24.3 Å². The second kappa shape index (κ2) is 12.5. The Hall–Kier alpha value is -2.32. The lowest BCUT2D eigenvalue weighted by atomic mass is 9.86. The molecule has 8 heteroatoms. The van der Waals surface area contributed by atoms with Gasteiger partial charge in [-0.25, -0.2) is 9.59 Å². The first kappa shape index (κ1) is 24.9. The van der Waals surface area contributed by atoms with Crippen molar-refractivity contribution >= 4 is 12.1 Å². The van der Waals surface area contributed by atoms with Crippen molar-refractivity contribution in [2.75, 3.05) is 27.6 Å². The molecule has 4 atom stereocenters. The fourth-order valence-corrected chi connectivity index (χ4v) is 4.08. The maximum atomic E-state index is 12.9. The number of hydrogen-bond acceptors (Lipinski definition) is 6. The zero-order valence-corrected chi connectivity index (χ0v) is 18.9. The molecular weight excluding hydrogens is 402 g/mol. The van der Waals surface area contributed by atoms with E-state index in [9.17, 15) is 14.7 Å². The average Bonchev–Trinajstić information content (AvgIpc) is 2.80. The lowest BCUT2D eigenvalue weighted by molar-refractivity contribution is -0.165. The maximum Gasteiger partial charge on any atom is 0.409 e.